The number of hydrogen-bond acceptors (Lipinski definition) is 2. The number of aryl methyl sites for hydroxylation is 2. The van der Waals surface area contributed by atoms with Crippen LogP contribution < -0.4 is 5.32 Å². The van der Waals surface area contributed by atoms with E-state index in [1.165, 1.54) is 0 Å². The van der Waals surface area contributed by atoms with Crippen molar-refractivity contribution in [3.05, 3.63) is 53.9 Å². The molecule has 1 aliphatic rings. The molecule has 1 unspecified atom stereocenters. The average molecular weight is 397 g/mol. The zero-order valence-corrected chi connectivity index (χ0v) is 17.9. The standard InChI is InChI=1S/C23H32N4O2/c1-5-18(3)26(23(29)24-21-11-7-6-9-17(21)2)16-22(28)27(19-12-13-19)15-20-10-8-14-25(20)4/h6-11,14,18-19H,5,12-13,15-16H2,1-4H3,(H,24,29). The first-order valence-corrected chi connectivity index (χ1v) is 10.4. The Morgan fingerprint density at radius 3 is 2.52 bits per heavy atom. The van der Waals surface area contributed by atoms with Gasteiger partial charge in [-0.25, -0.2) is 4.79 Å². The minimum Gasteiger partial charge on any atom is -0.353 e. The summed E-state index contributed by atoms with van der Waals surface area (Å²) in [5.41, 5.74) is 2.88. The van der Waals surface area contributed by atoms with Gasteiger partial charge in [0.05, 0.1) is 6.54 Å². The van der Waals surface area contributed by atoms with Gasteiger partial charge in [-0.2, -0.15) is 0 Å². The first-order chi connectivity index (χ1) is 13.9. The van der Waals surface area contributed by atoms with E-state index in [0.29, 0.717) is 6.54 Å². The molecule has 1 aliphatic carbocycles. The summed E-state index contributed by atoms with van der Waals surface area (Å²) in [6.45, 7) is 6.66. The SMILES string of the molecule is CCC(C)N(CC(=O)N(Cc1cccn1C)C1CC1)C(=O)Nc1ccccc1C. The van der Waals surface area contributed by atoms with Crippen LogP contribution in [0.25, 0.3) is 0 Å². The summed E-state index contributed by atoms with van der Waals surface area (Å²) in [7, 11) is 1.99. The average Bonchev–Trinajstić information content (AvgIpc) is 3.47. The maximum atomic E-state index is 13.2. The summed E-state index contributed by atoms with van der Waals surface area (Å²) >= 11 is 0. The number of nitrogens with zero attached hydrogens (tertiary/aromatic N) is 3. The largest absolute Gasteiger partial charge is 0.353 e. The Hall–Kier alpha value is -2.76. The number of carbonyl (C=O) groups excluding carboxylic acids is 2. The number of rotatable bonds is 8. The van der Waals surface area contributed by atoms with Gasteiger partial charge in [0.2, 0.25) is 5.91 Å². The van der Waals surface area contributed by atoms with Crippen LogP contribution in [0, 0.1) is 6.92 Å². The van der Waals surface area contributed by atoms with Gasteiger partial charge in [-0.1, -0.05) is 25.1 Å². The van der Waals surface area contributed by atoms with Gasteiger partial charge in [0, 0.05) is 36.7 Å². The summed E-state index contributed by atoms with van der Waals surface area (Å²) in [6, 6.07) is 11.8. The molecule has 0 spiro atoms. The second kappa shape index (κ2) is 9.16. The summed E-state index contributed by atoms with van der Waals surface area (Å²) in [5, 5.41) is 2.98. The summed E-state index contributed by atoms with van der Waals surface area (Å²) in [6.07, 6.45) is 4.85. The molecule has 156 valence electrons. The van der Waals surface area contributed by atoms with Crippen LogP contribution in [0.3, 0.4) is 0 Å². The van der Waals surface area contributed by atoms with Crippen molar-refractivity contribution in [2.24, 2.45) is 7.05 Å². The lowest BCUT2D eigenvalue weighted by atomic mass is 10.2. The number of nitrogens with one attached hydrogen (secondary N) is 1. The van der Waals surface area contributed by atoms with Crippen molar-refractivity contribution < 1.29 is 9.59 Å². The van der Waals surface area contributed by atoms with Crippen LogP contribution in [0.2, 0.25) is 0 Å². The van der Waals surface area contributed by atoms with Gasteiger partial charge in [0.15, 0.2) is 0 Å². The number of carbonyl (C=O) groups is 2. The summed E-state index contributed by atoms with van der Waals surface area (Å²) in [4.78, 5) is 29.8. The van der Waals surface area contributed by atoms with Crippen molar-refractivity contribution in [1.29, 1.82) is 0 Å². The Balaban J connectivity index is 1.72. The van der Waals surface area contributed by atoms with E-state index in [9.17, 15) is 9.59 Å². The fourth-order valence-corrected chi connectivity index (χ4v) is 3.43. The van der Waals surface area contributed by atoms with Crippen LogP contribution in [0.4, 0.5) is 10.5 Å². The van der Waals surface area contributed by atoms with E-state index >= 15 is 0 Å². The molecule has 1 N–H and O–H groups in total. The molecule has 3 rings (SSSR count). The molecule has 1 heterocycles. The fraction of sp³-hybridized carbons (Fsp3) is 0.478. The monoisotopic (exact) mass is 396 g/mol. The summed E-state index contributed by atoms with van der Waals surface area (Å²) < 4.78 is 2.04. The van der Waals surface area contributed by atoms with Gasteiger partial charge in [-0.15, -0.1) is 0 Å². The maximum absolute atomic E-state index is 13.2. The highest BCUT2D eigenvalue weighted by molar-refractivity contribution is 5.93. The molecule has 1 aromatic carbocycles. The highest BCUT2D eigenvalue weighted by Gasteiger charge is 2.34. The van der Waals surface area contributed by atoms with Crippen molar-refractivity contribution in [2.75, 3.05) is 11.9 Å². The van der Waals surface area contributed by atoms with Crippen LogP contribution in [-0.2, 0) is 18.4 Å². The van der Waals surface area contributed by atoms with Crippen LogP contribution >= 0.6 is 0 Å². The molecule has 6 heteroatoms. The smallest absolute Gasteiger partial charge is 0.322 e. The van der Waals surface area contributed by atoms with Gasteiger partial charge < -0.3 is 19.7 Å². The van der Waals surface area contributed by atoms with E-state index < -0.39 is 0 Å². The zero-order chi connectivity index (χ0) is 21.0. The lowest BCUT2D eigenvalue weighted by molar-refractivity contribution is -0.133. The van der Waals surface area contributed by atoms with Gasteiger partial charge in [0.1, 0.15) is 6.54 Å². The number of urea groups is 1. The minimum atomic E-state index is -0.225. The van der Waals surface area contributed by atoms with Crippen molar-refractivity contribution in [3.8, 4) is 0 Å². The first kappa shape index (κ1) is 21.0. The van der Waals surface area contributed by atoms with Crippen LogP contribution in [-0.4, -0.2) is 44.9 Å². The normalized spacial score (nSPS) is 14.3. The second-order valence-electron chi connectivity index (χ2n) is 7.99. The molecule has 2 aromatic rings. The lowest BCUT2D eigenvalue weighted by Gasteiger charge is -2.31. The molecule has 3 amide bonds. The molecule has 1 saturated carbocycles. The molecule has 1 atom stereocenters. The van der Waals surface area contributed by atoms with Crippen molar-refractivity contribution >= 4 is 17.6 Å². The first-order valence-electron chi connectivity index (χ1n) is 10.4. The van der Waals surface area contributed by atoms with Gasteiger partial charge in [-0.05, 0) is 56.9 Å². The van der Waals surface area contributed by atoms with Gasteiger partial charge in [-0.3, -0.25) is 4.79 Å². The highest BCUT2D eigenvalue weighted by Crippen LogP contribution is 2.29. The van der Waals surface area contributed by atoms with E-state index in [2.05, 4.69) is 5.32 Å². The van der Waals surface area contributed by atoms with E-state index in [1.54, 1.807) is 4.90 Å². The Morgan fingerprint density at radius 2 is 1.93 bits per heavy atom. The van der Waals surface area contributed by atoms with Crippen molar-refractivity contribution in [1.82, 2.24) is 14.4 Å². The highest BCUT2D eigenvalue weighted by atomic mass is 16.2. The Labute approximate surface area is 173 Å². The maximum Gasteiger partial charge on any atom is 0.322 e. The number of amides is 3. The number of hydrogen-bond donors (Lipinski definition) is 1. The third-order valence-electron chi connectivity index (χ3n) is 5.77. The zero-order valence-electron chi connectivity index (χ0n) is 17.9. The fourth-order valence-electron chi connectivity index (χ4n) is 3.43. The van der Waals surface area contributed by atoms with Crippen molar-refractivity contribution in [3.63, 3.8) is 0 Å². The Kier molecular flexibility index (Phi) is 6.62. The molecule has 29 heavy (non-hydrogen) atoms. The molecule has 6 nitrogen and oxygen atoms in total. The second-order valence-corrected chi connectivity index (χ2v) is 7.99. The van der Waals surface area contributed by atoms with Gasteiger partial charge in [0.25, 0.3) is 0 Å². The van der Waals surface area contributed by atoms with E-state index in [1.807, 2.05) is 79.9 Å². The lowest BCUT2D eigenvalue weighted by Crippen LogP contribution is -2.48. The minimum absolute atomic E-state index is 0.00827. The molecule has 0 bridgehead atoms. The van der Waals surface area contributed by atoms with Crippen LogP contribution in [0.1, 0.15) is 44.4 Å². The quantitative estimate of drug-likeness (QED) is 0.728. The van der Waals surface area contributed by atoms with Crippen LogP contribution in [0.5, 0.6) is 0 Å². The molecule has 1 aromatic heterocycles. The Morgan fingerprint density at radius 1 is 1.21 bits per heavy atom. The van der Waals surface area contributed by atoms with E-state index in [0.717, 1.165) is 36.2 Å². The van der Waals surface area contributed by atoms with Crippen LogP contribution in [0.15, 0.2) is 42.6 Å². The van der Waals surface area contributed by atoms with E-state index in [-0.39, 0.29) is 30.6 Å². The predicted molar refractivity (Wildman–Crippen MR) is 116 cm³/mol. The summed E-state index contributed by atoms with van der Waals surface area (Å²) in [5.74, 6) is 0.00827. The van der Waals surface area contributed by atoms with Gasteiger partial charge >= 0.3 is 6.03 Å². The number of anilines is 1. The van der Waals surface area contributed by atoms with E-state index in [4.69, 9.17) is 0 Å². The molecule has 1 fully saturated rings. The number of para-hydroxylation sites is 1. The number of aromatic nitrogens is 1. The topological polar surface area (TPSA) is 57.6 Å². The molecular formula is C23H32N4O2. The third-order valence-corrected chi connectivity index (χ3v) is 5.77. The Bertz CT molecular complexity index is 856. The molecular weight excluding hydrogens is 364 g/mol. The number of benzene rings is 1. The van der Waals surface area contributed by atoms with Crippen molar-refractivity contribution in [2.45, 2.75) is 58.7 Å². The third kappa shape index (κ3) is 5.19. The molecule has 0 radical (unpaired) electrons. The molecule has 0 saturated heterocycles. The molecule has 0 aliphatic heterocycles. The predicted octanol–water partition coefficient (Wildman–Crippen LogP) is 4.16.